The van der Waals surface area contributed by atoms with Gasteiger partial charge in [-0.15, -0.1) is 0 Å². The summed E-state index contributed by atoms with van der Waals surface area (Å²) >= 11 is 0. The highest BCUT2D eigenvalue weighted by Gasteiger charge is 2.22. The van der Waals surface area contributed by atoms with Gasteiger partial charge in [-0.25, -0.2) is 8.42 Å². The molecule has 35 heavy (non-hydrogen) atoms. The Balaban J connectivity index is 1.88. The molecule has 0 aliphatic carbocycles. The SMILES string of the molecule is CCc1ccc(NS(=O)(=O)c2cc(C(=O)Nc3ccc(OC)c(NC(C)=O)c3)ccc2OC)cc1. The molecular weight excluding hydrogens is 470 g/mol. The van der Waals surface area contributed by atoms with Crippen LogP contribution in [0.3, 0.4) is 0 Å². The van der Waals surface area contributed by atoms with Gasteiger partial charge in [0.2, 0.25) is 5.91 Å². The van der Waals surface area contributed by atoms with Gasteiger partial charge >= 0.3 is 0 Å². The van der Waals surface area contributed by atoms with Gasteiger partial charge in [-0.1, -0.05) is 19.1 Å². The molecule has 0 fully saturated rings. The number of aryl methyl sites for hydroxylation is 1. The van der Waals surface area contributed by atoms with E-state index < -0.39 is 15.9 Å². The van der Waals surface area contributed by atoms with Crippen molar-refractivity contribution >= 4 is 38.9 Å². The molecule has 0 aromatic heterocycles. The predicted octanol–water partition coefficient (Wildman–Crippen LogP) is 4.28. The van der Waals surface area contributed by atoms with Crippen LogP contribution in [0.4, 0.5) is 17.1 Å². The maximum Gasteiger partial charge on any atom is 0.265 e. The molecule has 0 bridgehead atoms. The van der Waals surface area contributed by atoms with Gasteiger partial charge in [0.25, 0.3) is 15.9 Å². The molecule has 9 nitrogen and oxygen atoms in total. The van der Waals surface area contributed by atoms with Crippen LogP contribution in [0.1, 0.15) is 29.8 Å². The smallest absolute Gasteiger partial charge is 0.265 e. The second-order valence-corrected chi connectivity index (χ2v) is 9.22. The van der Waals surface area contributed by atoms with Crippen LogP contribution in [-0.4, -0.2) is 34.5 Å². The Kier molecular flexibility index (Phi) is 7.98. The molecule has 3 aromatic carbocycles. The van der Waals surface area contributed by atoms with Gasteiger partial charge in [0.1, 0.15) is 16.4 Å². The first-order chi connectivity index (χ1) is 16.7. The number of carbonyl (C=O) groups is 2. The van der Waals surface area contributed by atoms with E-state index in [-0.39, 0.29) is 22.1 Å². The highest BCUT2D eigenvalue weighted by molar-refractivity contribution is 7.92. The zero-order valence-corrected chi connectivity index (χ0v) is 20.7. The molecule has 0 atom stereocenters. The Morgan fingerprint density at radius 2 is 1.46 bits per heavy atom. The second-order valence-electron chi connectivity index (χ2n) is 7.57. The maximum absolute atomic E-state index is 13.1. The predicted molar refractivity (Wildman–Crippen MR) is 135 cm³/mol. The van der Waals surface area contributed by atoms with Crippen LogP contribution in [0.25, 0.3) is 0 Å². The normalized spacial score (nSPS) is 10.9. The lowest BCUT2D eigenvalue weighted by Gasteiger charge is -2.14. The van der Waals surface area contributed by atoms with Crippen LogP contribution in [0, 0.1) is 0 Å². The van der Waals surface area contributed by atoms with E-state index in [4.69, 9.17) is 9.47 Å². The first-order valence-electron chi connectivity index (χ1n) is 10.7. The molecule has 184 valence electrons. The van der Waals surface area contributed by atoms with Gasteiger partial charge in [0.05, 0.1) is 19.9 Å². The van der Waals surface area contributed by atoms with Crippen molar-refractivity contribution in [2.75, 3.05) is 29.6 Å². The summed E-state index contributed by atoms with van der Waals surface area (Å²) in [5, 5.41) is 5.33. The number of hydrogen-bond donors (Lipinski definition) is 3. The minimum atomic E-state index is -4.05. The number of sulfonamides is 1. The summed E-state index contributed by atoms with van der Waals surface area (Å²) < 4.78 is 39.2. The van der Waals surface area contributed by atoms with Crippen LogP contribution in [-0.2, 0) is 21.2 Å². The van der Waals surface area contributed by atoms with E-state index >= 15 is 0 Å². The summed E-state index contributed by atoms with van der Waals surface area (Å²) in [7, 11) is -1.24. The standard InChI is InChI=1S/C25H27N3O6S/c1-5-17-6-9-19(10-7-17)28-35(31,32)24-14-18(8-12-23(24)34-4)25(30)27-20-11-13-22(33-3)21(15-20)26-16(2)29/h6-15,28H,5H2,1-4H3,(H,26,29)(H,27,30). The van der Waals surface area contributed by atoms with Gasteiger partial charge in [-0.3, -0.25) is 14.3 Å². The van der Waals surface area contributed by atoms with Crippen molar-refractivity contribution in [3.05, 3.63) is 71.8 Å². The Morgan fingerprint density at radius 1 is 0.829 bits per heavy atom. The fourth-order valence-corrected chi connectivity index (χ4v) is 4.58. The van der Waals surface area contributed by atoms with Gasteiger partial charge in [0, 0.05) is 23.9 Å². The number of nitrogens with one attached hydrogen (secondary N) is 3. The molecule has 0 unspecified atom stereocenters. The minimum absolute atomic E-state index is 0.0941. The number of ether oxygens (including phenoxy) is 2. The summed E-state index contributed by atoms with van der Waals surface area (Å²) in [5.74, 6) is -0.324. The molecule has 3 rings (SSSR count). The van der Waals surface area contributed by atoms with Crippen molar-refractivity contribution in [1.29, 1.82) is 0 Å². The molecule has 10 heteroatoms. The Hall–Kier alpha value is -4.05. The molecule has 0 aliphatic rings. The average Bonchev–Trinajstić information content (AvgIpc) is 2.83. The van der Waals surface area contributed by atoms with E-state index in [1.54, 1.807) is 30.3 Å². The van der Waals surface area contributed by atoms with Crippen LogP contribution in [0.5, 0.6) is 11.5 Å². The average molecular weight is 498 g/mol. The summed E-state index contributed by atoms with van der Waals surface area (Å²) in [6.45, 7) is 3.36. The topological polar surface area (TPSA) is 123 Å². The van der Waals surface area contributed by atoms with Crippen LogP contribution >= 0.6 is 0 Å². The third-order valence-electron chi connectivity index (χ3n) is 5.10. The van der Waals surface area contributed by atoms with Gasteiger partial charge < -0.3 is 20.1 Å². The Morgan fingerprint density at radius 3 is 2.06 bits per heavy atom. The van der Waals surface area contributed by atoms with Crippen molar-refractivity contribution in [2.24, 2.45) is 0 Å². The van der Waals surface area contributed by atoms with E-state index in [1.165, 1.54) is 39.3 Å². The van der Waals surface area contributed by atoms with Crippen LogP contribution < -0.4 is 24.8 Å². The summed E-state index contributed by atoms with van der Waals surface area (Å²) in [6.07, 6.45) is 0.832. The minimum Gasteiger partial charge on any atom is -0.495 e. The number of hydrogen-bond acceptors (Lipinski definition) is 6. The molecule has 0 spiro atoms. The van der Waals surface area contributed by atoms with Crippen molar-refractivity contribution in [1.82, 2.24) is 0 Å². The first kappa shape index (κ1) is 25.6. The third-order valence-corrected chi connectivity index (χ3v) is 6.50. The molecule has 0 heterocycles. The molecular formula is C25H27N3O6S. The summed E-state index contributed by atoms with van der Waals surface area (Å²) in [5.41, 5.74) is 2.33. The molecule has 0 radical (unpaired) electrons. The van der Waals surface area contributed by atoms with E-state index in [9.17, 15) is 18.0 Å². The van der Waals surface area contributed by atoms with Gasteiger partial charge in [0.15, 0.2) is 0 Å². The highest BCUT2D eigenvalue weighted by atomic mass is 32.2. The monoisotopic (exact) mass is 497 g/mol. The van der Waals surface area contributed by atoms with E-state index in [0.29, 0.717) is 22.8 Å². The molecule has 0 aliphatic heterocycles. The lowest BCUT2D eigenvalue weighted by molar-refractivity contribution is -0.114. The molecule has 0 saturated carbocycles. The largest absolute Gasteiger partial charge is 0.495 e. The van der Waals surface area contributed by atoms with Crippen molar-refractivity contribution in [3.8, 4) is 11.5 Å². The zero-order valence-electron chi connectivity index (χ0n) is 19.8. The van der Waals surface area contributed by atoms with Gasteiger partial charge in [-0.05, 0) is 60.5 Å². The van der Waals surface area contributed by atoms with Crippen molar-refractivity contribution < 1.29 is 27.5 Å². The second kappa shape index (κ2) is 10.9. The number of benzene rings is 3. The summed E-state index contributed by atoms with van der Waals surface area (Å²) in [6, 6.07) is 15.9. The van der Waals surface area contributed by atoms with Gasteiger partial charge in [-0.2, -0.15) is 0 Å². The van der Waals surface area contributed by atoms with Crippen LogP contribution in [0.2, 0.25) is 0 Å². The maximum atomic E-state index is 13.1. The lowest BCUT2D eigenvalue weighted by Crippen LogP contribution is -2.17. The van der Waals surface area contributed by atoms with E-state index in [0.717, 1.165) is 12.0 Å². The van der Waals surface area contributed by atoms with Crippen molar-refractivity contribution in [2.45, 2.75) is 25.2 Å². The zero-order chi connectivity index (χ0) is 25.6. The molecule has 3 N–H and O–H groups in total. The highest BCUT2D eigenvalue weighted by Crippen LogP contribution is 2.30. The number of anilines is 3. The van der Waals surface area contributed by atoms with Crippen molar-refractivity contribution in [3.63, 3.8) is 0 Å². The lowest BCUT2D eigenvalue weighted by atomic mass is 10.2. The molecule has 3 aromatic rings. The fraction of sp³-hybridized carbons (Fsp3) is 0.200. The Bertz CT molecular complexity index is 1340. The molecule has 2 amide bonds. The number of methoxy groups -OCH3 is 2. The fourth-order valence-electron chi connectivity index (χ4n) is 3.32. The van der Waals surface area contributed by atoms with Crippen LogP contribution in [0.15, 0.2) is 65.6 Å². The number of carbonyl (C=O) groups excluding carboxylic acids is 2. The van der Waals surface area contributed by atoms with E-state index in [2.05, 4.69) is 15.4 Å². The number of rotatable bonds is 9. The first-order valence-corrected chi connectivity index (χ1v) is 12.2. The third kappa shape index (κ3) is 6.30. The number of amides is 2. The summed E-state index contributed by atoms with van der Waals surface area (Å²) in [4.78, 5) is 24.2. The molecule has 0 saturated heterocycles. The Labute approximate surface area is 204 Å². The quantitative estimate of drug-likeness (QED) is 0.406. The van der Waals surface area contributed by atoms with E-state index in [1.807, 2.05) is 19.1 Å².